The minimum atomic E-state index is -0.462. The molecule has 0 saturated carbocycles. The summed E-state index contributed by atoms with van der Waals surface area (Å²) in [7, 11) is 0. The minimum Gasteiger partial charge on any atom is -0.494 e. The lowest BCUT2D eigenvalue weighted by atomic mass is 10.2. The molecule has 0 radical (unpaired) electrons. The smallest absolute Gasteiger partial charge is 0.294 e. The highest BCUT2D eigenvalue weighted by Crippen LogP contribution is 2.32. The number of rotatable bonds is 6. The molecule has 1 heterocycles. The van der Waals surface area contributed by atoms with Gasteiger partial charge in [0.15, 0.2) is 0 Å². The normalized spacial score (nSPS) is 15.3. The molecular formula is C20H18N2O4S. The van der Waals surface area contributed by atoms with Crippen LogP contribution in [0, 0.1) is 0 Å². The second-order valence-corrected chi connectivity index (χ2v) is 6.68. The maximum absolute atomic E-state index is 12.4. The molecule has 3 rings (SSSR count). The zero-order valence-electron chi connectivity index (χ0n) is 14.7. The van der Waals surface area contributed by atoms with Crippen LogP contribution in [-0.4, -0.2) is 35.1 Å². The van der Waals surface area contributed by atoms with Crippen LogP contribution < -0.4 is 10.1 Å². The van der Waals surface area contributed by atoms with E-state index < -0.39 is 17.1 Å². The number of hydrogen-bond donors (Lipinski definition) is 1. The molecule has 1 aliphatic heterocycles. The SMILES string of the molecule is CCOc1ccc(NC(=O)CN2C(=O)S/C(=C/c3ccccc3)C2=O)cc1. The summed E-state index contributed by atoms with van der Waals surface area (Å²) in [6.45, 7) is 2.11. The van der Waals surface area contributed by atoms with Crippen molar-refractivity contribution in [1.82, 2.24) is 4.90 Å². The molecule has 1 saturated heterocycles. The Hall–Kier alpha value is -3.06. The van der Waals surface area contributed by atoms with Crippen molar-refractivity contribution in [2.24, 2.45) is 0 Å². The van der Waals surface area contributed by atoms with Crippen molar-refractivity contribution < 1.29 is 19.1 Å². The number of anilines is 1. The molecule has 2 aromatic carbocycles. The monoisotopic (exact) mass is 382 g/mol. The summed E-state index contributed by atoms with van der Waals surface area (Å²) in [5, 5.41) is 2.22. The Bertz CT molecular complexity index is 879. The van der Waals surface area contributed by atoms with E-state index in [-0.39, 0.29) is 6.54 Å². The van der Waals surface area contributed by atoms with Gasteiger partial charge in [0.25, 0.3) is 11.1 Å². The topological polar surface area (TPSA) is 75.7 Å². The number of amides is 3. The number of nitrogens with zero attached hydrogens (tertiary/aromatic N) is 1. The maximum atomic E-state index is 12.4. The Morgan fingerprint density at radius 1 is 1.11 bits per heavy atom. The predicted octanol–water partition coefficient (Wildman–Crippen LogP) is 3.76. The predicted molar refractivity (Wildman–Crippen MR) is 105 cm³/mol. The standard InChI is InChI=1S/C20H18N2O4S/c1-2-26-16-10-8-15(9-11-16)21-18(23)13-22-19(24)17(27-20(22)25)12-14-6-4-3-5-7-14/h3-12H,2,13H2,1H3,(H,21,23)/b17-12+. The van der Waals surface area contributed by atoms with Crippen LogP contribution in [0.5, 0.6) is 5.75 Å². The molecule has 2 aromatic rings. The van der Waals surface area contributed by atoms with Gasteiger partial charge in [0.05, 0.1) is 11.5 Å². The second kappa shape index (κ2) is 8.55. The van der Waals surface area contributed by atoms with Gasteiger partial charge in [0, 0.05) is 5.69 Å². The van der Waals surface area contributed by atoms with Gasteiger partial charge < -0.3 is 10.1 Å². The fourth-order valence-corrected chi connectivity index (χ4v) is 3.32. The highest BCUT2D eigenvalue weighted by molar-refractivity contribution is 8.18. The Balaban J connectivity index is 1.63. The lowest BCUT2D eigenvalue weighted by Crippen LogP contribution is -2.36. The van der Waals surface area contributed by atoms with E-state index in [2.05, 4.69) is 5.32 Å². The molecule has 0 atom stereocenters. The molecule has 3 amide bonds. The van der Waals surface area contributed by atoms with E-state index in [0.717, 1.165) is 22.2 Å². The quantitative estimate of drug-likeness (QED) is 0.770. The lowest BCUT2D eigenvalue weighted by molar-refractivity contribution is -0.127. The molecule has 0 unspecified atom stereocenters. The van der Waals surface area contributed by atoms with Crippen molar-refractivity contribution in [2.45, 2.75) is 6.92 Å². The zero-order valence-corrected chi connectivity index (χ0v) is 15.5. The third-order valence-corrected chi connectivity index (χ3v) is 4.63. The molecule has 0 bridgehead atoms. The van der Waals surface area contributed by atoms with Gasteiger partial charge in [-0.05, 0) is 54.6 Å². The minimum absolute atomic E-state index is 0.306. The third-order valence-electron chi connectivity index (χ3n) is 3.72. The summed E-state index contributed by atoms with van der Waals surface area (Å²) >= 11 is 0.834. The largest absolute Gasteiger partial charge is 0.494 e. The number of carbonyl (C=O) groups is 3. The van der Waals surface area contributed by atoms with Crippen LogP contribution in [0.2, 0.25) is 0 Å². The van der Waals surface area contributed by atoms with Crippen LogP contribution in [-0.2, 0) is 9.59 Å². The molecule has 7 heteroatoms. The Morgan fingerprint density at radius 2 is 1.81 bits per heavy atom. The van der Waals surface area contributed by atoms with Crippen molar-refractivity contribution in [1.29, 1.82) is 0 Å². The van der Waals surface area contributed by atoms with E-state index in [0.29, 0.717) is 22.9 Å². The first kappa shape index (κ1) is 18.7. The first-order chi connectivity index (χ1) is 13.1. The van der Waals surface area contributed by atoms with Crippen LogP contribution in [0.15, 0.2) is 59.5 Å². The Labute approximate surface area is 161 Å². The van der Waals surface area contributed by atoms with Crippen molar-refractivity contribution >= 4 is 40.6 Å². The molecule has 6 nitrogen and oxygen atoms in total. The third kappa shape index (κ3) is 4.77. The van der Waals surface area contributed by atoms with Crippen LogP contribution in [0.4, 0.5) is 10.5 Å². The molecule has 1 N–H and O–H groups in total. The van der Waals surface area contributed by atoms with E-state index in [9.17, 15) is 14.4 Å². The number of hydrogen-bond acceptors (Lipinski definition) is 5. The van der Waals surface area contributed by atoms with Gasteiger partial charge in [0.2, 0.25) is 5.91 Å². The van der Waals surface area contributed by atoms with Crippen LogP contribution in [0.3, 0.4) is 0 Å². The number of nitrogens with one attached hydrogen (secondary N) is 1. The lowest BCUT2D eigenvalue weighted by Gasteiger charge is -2.12. The van der Waals surface area contributed by atoms with Gasteiger partial charge in [-0.2, -0.15) is 0 Å². The average molecular weight is 382 g/mol. The van der Waals surface area contributed by atoms with E-state index in [1.165, 1.54) is 0 Å². The van der Waals surface area contributed by atoms with Gasteiger partial charge >= 0.3 is 0 Å². The van der Waals surface area contributed by atoms with Gasteiger partial charge in [-0.15, -0.1) is 0 Å². The van der Waals surface area contributed by atoms with E-state index in [1.54, 1.807) is 30.3 Å². The maximum Gasteiger partial charge on any atom is 0.294 e. The summed E-state index contributed by atoms with van der Waals surface area (Å²) in [5.41, 5.74) is 1.39. The number of ether oxygens (including phenoxy) is 1. The fraction of sp³-hybridized carbons (Fsp3) is 0.150. The van der Waals surface area contributed by atoms with Crippen LogP contribution in [0.1, 0.15) is 12.5 Å². The molecule has 138 valence electrons. The summed E-state index contributed by atoms with van der Waals surface area (Å²) in [4.78, 5) is 38.0. The molecule has 0 spiro atoms. The molecular weight excluding hydrogens is 364 g/mol. The number of imide groups is 1. The summed E-state index contributed by atoms with van der Waals surface area (Å²) < 4.78 is 5.34. The summed E-state index contributed by atoms with van der Waals surface area (Å²) in [6, 6.07) is 16.1. The molecule has 0 aromatic heterocycles. The zero-order chi connectivity index (χ0) is 19.2. The first-order valence-electron chi connectivity index (χ1n) is 8.40. The highest BCUT2D eigenvalue weighted by atomic mass is 32.2. The Kier molecular flexibility index (Phi) is 5.93. The van der Waals surface area contributed by atoms with Crippen molar-refractivity contribution in [3.05, 3.63) is 65.1 Å². The van der Waals surface area contributed by atoms with Gasteiger partial charge in [0.1, 0.15) is 12.3 Å². The van der Waals surface area contributed by atoms with Crippen molar-refractivity contribution in [3.63, 3.8) is 0 Å². The number of carbonyl (C=O) groups excluding carboxylic acids is 3. The molecule has 1 aliphatic rings. The van der Waals surface area contributed by atoms with Gasteiger partial charge in [-0.1, -0.05) is 30.3 Å². The van der Waals surface area contributed by atoms with Crippen molar-refractivity contribution in [3.8, 4) is 5.75 Å². The van der Waals surface area contributed by atoms with Crippen LogP contribution in [0.25, 0.3) is 6.08 Å². The van der Waals surface area contributed by atoms with E-state index in [1.807, 2.05) is 37.3 Å². The van der Waals surface area contributed by atoms with Gasteiger partial charge in [-0.25, -0.2) is 0 Å². The van der Waals surface area contributed by atoms with Crippen LogP contribution >= 0.6 is 11.8 Å². The van der Waals surface area contributed by atoms with E-state index in [4.69, 9.17) is 4.74 Å². The Morgan fingerprint density at radius 3 is 2.48 bits per heavy atom. The van der Waals surface area contributed by atoms with Gasteiger partial charge in [-0.3, -0.25) is 19.3 Å². The number of thioether (sulfide) groups is 1. The molecule has 0 aliphatic carbocycles. The summed E-state index contributed by atoms with van der Waals surface area (Å²) in [5.74, 6) is -0.203. The highest BCUT2D eigenvalue weighted by Gasteiger charge is 2.36. The fourth-order valence-electron chi connectivity index (χ4n) is 2.48. The van der Waals surface area contributed by atoms with Crippen molar-refractivity contribution in [2.75, 3.05) is 18.5 Å². The first-order valence-corrected chi connectivity index (χ1v) is 9.21. The number of benzene rings is 2. The molecule has 1 fully saturated rings. The second-order valence-electron chi connectivity index (χ2n) is 5.68. The molecule has 27 heavy (non-hydrogen) atoms. The van der Waals surface area contributed by atoms with E-state index >= 15 is 0 Å². The summed E-state index contributed by atoms with van der Waals surface area (Å²) in [6.07, 6.45) is 1.65. The average Bonchev–Trinajstić information content (AvgIpc) is 2.92.